The van der Waals surface area contributed by atoms with Crippen molar-refractivity contribution in [3.63, 3.8) is 0 Å². The second-order valence-corrected chi connectivity index (χ2v) is 1.83. The molecule has 0 aliphatic carbocycles. The van der Waals surface area contributed by atoms with Crippen molar-refractivity contribution in [2.24, 2.45) is 0 Å². The van der Waals surface area contributed by atoms with Crippen LogP contribution in [0.1, 0.15) is 20.3 Å². The Morgan fingerprint density at radius 1 is 1.56 bits per heavy atom. The molecule has 0 aliphatic heterocycles. The minimum Gasteiger partial charge on any atom is -0.392 e. The van der Waals surface area contributed by atoms with Crippen LogP contribution in [-0.4, -0.2) is 11.7 Å². The molecule has 0 fully saturated rings. The summed E-state index contributed by atoms with van der Waals surface area (Å²) in [6.07, 6.45) is 6.91. The van der Waals surface area contributed by atoms with Gasteiger partial charge in [-0.2, -0.15) is 0 Å². The molecule has 9 heavy (non-hydrogen) atoms. The fourth-order valence-corrected chi connectivity index (χ4v) is 0.509. The highest BCUT2D eigenvalue weighted by Gasteiger charge is 1.82. The summed E-state index contributed by atoms with van der Waals surface area (Å²) in [4.78, 5) is 0. The first-order valence-corrected chi connectivity index (χ1v) is 3.27. The predicted molar refractivity (Wildman–Crippen MR) is 40.3 cm³/mol. The first-order chi connectivity index (χ1) is 4.35. The summed E-state index contributed by atoms with van der Waals surface area (Å²) in [5.41, 5.74) is 0.983. The lowest BCUT2D eigenvalue weighted by molar-refractivity contribution is 0.335. The summed E-state index contributed by atoms with van der Waals surface area (Å²) in [7, 11) is 0. The third-order valence-corrected chi connectivity index (χ3v) is 1.12. The molecule has 0 spiro atoms. The normalized spacial score (nSPS) is 13.0. The third-order valence-electron chi connectivity index (χ3n) is 1.12. The van der Waals surface area contributed by atoms with Crippen molar-refractivity contribution in [1.29, 1.82) is 0 Å². The molecule has 0 heterocycles. The van der Waals surface area contributed by atoms with Gasteiger partial charge in [0.25, 0.3) is 0 Å². The van der Waals surface area contributed by atoms with Crippen molar-refractivity contribution in [2.75, 3.05) is 6.61 Å². The highest BCUT2D eigenvalue weighted by atomic mass is 16.3. The Morgan fingerprint density at radius 2 is 2.22 bits per heavy atom. The van der Waals surface area contributed by atoms with Gasteiger partial charge in [0.1, 0.15) is 0 Å². The van der Waals surface area contributed by atoms with Crippen molar-refractivity contribution >= 4 is 0 Å². The molecule has 52 valence electrons. The van der Waals surface area contributed by atoms with E-state index in [-0.39, 0.29) is 6.61 Å². The molecule has 0 atom stereocenters. The largest absolute Gasteiger partial charge is 0.392 e. The molecule has 0 rings (SSSR count). The van der Waals surface area contributed by atoms with Crippen LogP contribution in [0.2, 0.25) is 0 Å². The van der Waals surface area contributed by atoms with E-state index in [1.807, 2.05) is 25.2 Å². The van der Waals surface area contributed by atoms with Crippen molar-refractivity contribution in [2.45, 2.75) is 20.3 Å². The maximum atomic E-state index is 8.63. The Kier molecular flexibility index (Phi) is 5.23. The highest BCUT2D eigenvalue weighted by molar-refractivity contribution is 5.17. The van der Waals surface area contributed by atoms with E-state index in [0.717, 1.165) is 12.0 Å². The molecule has 0 aliphatic rings. The van der Waals surface area contributed by atoms with Gasteiger partial charge in [0.2, 0.25) is 0 Å². The van der Waals surface area contributed by atoms with Crippen molar-refractivity contribution in [1.82, 2.24) is 0 Å². The smallest absolute Gasteiger partial charge is 0.0678 e. The van der Waals surface area contributed by atoms with E-state index in [2.05, 4.69) is 6.92 Å². The molecule has 1 heteroatoms. The van der Waals surface area contributed by atoms with Gasteiger partial charge in [0, 0.05) is 0 Å². The summed E-state index contributed by atoms with van der Waals surface area (Å²) in [5.74, 6) is 0. The molecule has 0 aromatic heterocycles. The number of hydrogen-bond acceptors (Lipinski definition) is 1. The lowest BCUT2D eigenvalue weighted by Gasteiger charge is -1.90. The minimum atomic E-state index is 0.146. The molecule has 0 saturated heterocycles. The molecule has 0 aromatic carbocycles. The van der Waals surface area contributed by atoms with Gasteiger partial charge in [-0.05, 0) is 18.9 Å². The molecule has 0 bridgehead atoms. The number of allylic oxidation sites excluding steroid dienone is 2. The van der Waals surface area contributed by atoms with Crippen LogP contribution < -0.4 is 0 Å². The van der Waals surface area contributed by atoms with Crippen LogP contribution in [0.25, 0.3) is 0 Å². The van der Waals surface area contributed by atoms with Gasteiger partial charge in [-0.15, -0.1) is 0 Å². The van der Waals surface area contributed by atoms with E-state index < -0.39 is 0 Å². The van der Waals surface area contributed by atoms with Crippen LogP contribution in [-0.2, 0) is 0 Å². The maximum Gasteiger partial charge on any atom is 0.0678 e. The Morgan fingerprint density at radius 3 is 2.56 bits per heavy atom. The van der Waals surface area contributed by atoms with Crippen molar-refractivity contribution in [3.8, 4) is 0 Å². The molecule has 0 unspecified atom stereocenters. The zero-order valence-electron chi connectivity index (χ0n) is 6.09. The minimum absolute atomic E-state index is 0.146. The molecule has 0 radical (unpaired) electrons. The molecule has 0 saturated carbocycles. The first kappa shape index (κ1) is 8.44. The van der Waals surface area contributed by atoms with Crippen molar-refractivity contribution < 1.29 is 5.11 Å². The summed E-state index contributed by atoms with van der Waals surface area (Å²) < 4.78 is 0. The van der Waals surface area contributed by atoms with Gasteiger partial charge >= 0.3 is 0 Å². The van der Waals surface area contributed by atoms with Crippen molar-refractivity contribution in [3.05, 3.63) is 23.8 Å². The summed E-state index contributed by atoms with van der Waals surface area (Å²) in [6.45, 7) is 4.14. The SMILES string of the molecule is C/C=C(\C=C/CC)CO. The Hall–Kier alpha value is -0.560. The zero-order valence-corrected chi connectivity index (χ0v) is 6.09. The first-order valence-electron chi connectivity index (χ1n) is 3.27. The second kappa shape index (κ2) is 5.57. The van der Waals surface area contributed by atoms with Crippen LogP contribution in [0.4, 0.5) is 0 Å². The highest BCUT2D eigenvalue weighted by Crippen LogP contribution is 1.94. The number of aliphatic hydroxyl groups is 1. The van der Waals surface area contributed by atoms with Gasteiger partial charge in [-0.1, -0.05) is 25.2 Å². The summed E-state index contributed by atoms with van der Waals surface area (Å²) in [6, 6.07) is 0. The monoisotopic (exact) mass is 126 g/mol. The number of aliphatic hydroxyl groups excluding tert-OH is 1. The van der Waals surface area contributed by atoms with Crippen LogP contribution in [0.15, 0.2) is 23.8 Å². The van der Waals surface area contributed by atoms with Gasteiger partial charge in [-0.3, -0.25) is 0 Å². The molecule has 0 aromatic rings. The standard InChI is InChI=1S/C8H14O/c1-3-5-6-8(4-2)7-9/h4-6,9H,3,7H2,1-2H3/b6-5-,8-4+. The van der Waals surface area contributed by atoms with Gasteiger partial charge < -0.3 is 5.11 Å². The van der Waals surface area contributed by atoms with Crippen LogP contribution >= 0.6 is 0 Å². The average Bonchev–Trinajstić information content (AvgIpc) is 1.91. The quantitative estimate of drug-likeness (QED) is 0.572. The topological polar surface area (TPSA) is 20.2 Å². The van der Waals surface area contributed by atoms with Crippen LogP contribution in [0.5, 0.6) is 0 Å². The van der Waals surface area contributed by atoms with Crippen LogP contribution in [0.3, 0.4) is 0 Å². The maximum absolute atomic E-state index is 8.63. The van der Waals surface area contributed by atoms with Gasteiger partial charge in [-0.25, -0.2) is 0 Å². The third kappa shape index (κ3) is 3.98. The fraction of sp³-hybridized carbons (Fsp3) is 0.500. The van der Waals surface area contributed by atoms with E-state index in [4.69, 9.17) is 5.11 Å². The predicted octanol–water partition coefficient (Wildman–Crippen LogP) is 1.89. The molecular weight excluding hydrogens is 112 g/mol. The summed E-state index contributed by atoms with van der Waals surface area (Å²) in [5, 5.41) is 8.63. The van der Waals surface area contributed by atoms with E-state index in [0.29, 0.717) is 0 Å². The van der Waals surface area contributed by atoms with E-state index in [1.165, 1.54) is 0 Å². The summed E-state index contributed by atoms with van der Waals surface area (Å²) >= 11 is 0. The Balaban J connectivity index is 3.70. The lowest BCUT2D eigenvalue weighted by atomic mass is 10.2. The van der Waals surface area contributed by atoms with Crippen LogP contribution in [0, 0.1) is 0 Å². The Bertz CT molecular complexity index is 112. The average molecular weight is 126 g/mol. The van der Waals surface area contributed by atoms with E-state index in [9.17, 15) is 0 Å². The number of rotatable bonds is 3. The molecule has 1 N–H and O–H groups in total. The van der Waals surface area contributed by atoms with Gasteiger partial charge in [0.05, 0.1) is 6.61 Å². The van der Waals surface area contributed by atoms with Gasteiger partial charge in [0.15, 0.2) is 0 Å². The van der Waals surface area contributed by atoms with E-state index >= 15 is 0 Å². The lowest BCUT2D eigenvalue weighted by Crippen LogP contribution is -1.83. The fourth-order valence-electron chi connectivity index (χ4n) is 0.509. The molecular formula is C8H14O. The molecule has 0 amide bonds. The Labute approximate surface area is 56.7 Å². The molecule has 1 nitrogen and oxygen atoms in total. The zero-order chi connectivity index (χ0) is 7.11. The number of hydrogen-bond donors (Lipinski definition) is 1. The second-order valence-electron chi connectivity index (χ2n) is 1.83. The van der Waals surface area contributed by atoms with E-state index in [1.54, 1.807) is 0 Å².